The first-order valence-corrected chi connectivity index (χ1v) is 12.5. The van der Waals surface area contributed by atoms with Crippen LogP contribution in [0.4, 0.5) is 0 Å². The summed E-state index contributed by atoms with van der Waals surface area (Å²) in [6.07, 6.45) is 2.07. The average molecular weight is 459 g/mol. The van der Waals surface area contributed by atoms with E-state index in [9.17, 15) is 4.79 Å². The number of rotatable bonds is 6. The van der Waals surface area contributed by atoms with Crippen molar-refractivity contribution in [1.82, 2.24) is 20.1 Å². The Morgan fingerprint density at radius 1 is 0.938 bits per heavy atom. The monoisotopic (exact) mass is 458 g/mol. The van der Waals surface area contributed by atoms with E-state index >= 15 is 0 Å². The Bertz CT molecular complexity index is 1180. The van der Waals surface area contributed by atoms with E-state index in [-0.39, 0.29) is 11.9 Å². The van der Waals surface area contributed by atoms with E-state index in [1.54, 1.807) is 11.3 Å². The summed E-state index contributed by atoms with van der Waals surface area (Å²) in [5.41, 5.74) is 3.46. The quantitative estimate of drug-likeness (QED) is 0.346. The predicted molar refractivity (Wildman–Crippen MR) is 129 cm³/mol. The van der Waals surface area contributed by atoms with Crippen molar-refractivity contribution in [2.75, 3.05) is 12.3 Å². The van der Waals surface area contributed by atoms with Crippen LogP contribution in [0.5, 0.6) is 0 Å². The molecule has 1 unspecified atom stereocenters. The Hall–Kier alpha value is -3.03. The number of likely N-dealkylation sites (tertiary alicyclic amines) is 1. The molecule has 0 aliphatic carbocycles. The molecular weight excluding hydrogens is 436 g/mol. The van der Waals surface area contributed by atoms with Gasteiger partial charge in [0.15, 0.2) is 0 Å². The third-order valence-corrected chi connectivity index (χ3v) is 7.33. The number of nitrogens with zero attached hydrogens (tertiary/aromatic N) is 4. The van der Waals surface area contributed by atoms with Gasteiger partial charge in [0.05, 0.1) is 11.8 Å². The van der Waals surface area contributed by atoms with Crippen LogP contribution in [0.1, 0.15) is 23.8 Å². The number of carbonyl (C=O) groups excluding carboxylic acids is 1. The molecule has 32 heavy (non-hydrogen) atoms. The smallest absolute Gasteiger partial charge is 0.233 e. The van der Waals surface area contributed by atoms with Crippen LogP contribution in [0.2, 0.25) is 0 Å². The lowest BCUT2D eigenvalue weighted by Gasteiger charge is -2.23. The zero-order valence-corrected chi connectivity index (χ0v) is 19.1. The molecule has 1 aliphatic heterocycles. The SMILES string of the molecule is O=C(CSc1nnc(-c2ccccc2)c(-c2ccccc2)n1)N1CCCC1c1cccs1. The summed E-state index contributed by atoms with van der Waals surface area (Å²) in [6.45, 7) is 0.809. The summed E-state index contributed by atoms with van der Waals surface area (Å²) in [5.74, 6) is 0.436. The highest BCUT2D eigenvalue weighted by atomic mass is 32.2. The third-order valence-electron chi connectivity index (χ3n) is 5.53. The lowest BCUT2D eigenvalue weighted by molar-refractivity contribution is -0.129. The molecule has 0 radical (unpaired) electrons. The number of aromatic nitrogens is 3. The first kappa shape index (κ1) is 20.8. The Kier molecular flexibility index (Phi) is 6.27. The number of amides is 1. The fraction of sp³-hybridized carbons (Fsp3) is 0.200. The predicted octanol–water partition coefficient (Wildman–Crippen LogP) is 5.72. The second-order valence-corrected chi connectivity index (χ2v) is 9.49. The maximum atomic E-state index is 13.0. The first-order chi connectivity index (χ1) is 15.8. The van der Waals surface area contributed by atoms with E-state index in [1.807, 2.05) is 65.6 Å². The van der Waals surface area contributed by atoms with E-state index in [0.29, 0.717) is 10.9 Å². The second-order valence-electron chi connectivity index (χ2n) is 7.57. The van der Waals surface area contributed by atoms with Crippen LogP contribution in [0, 0.1) is 0 Å². The van der Waals surface area contributed by atoms with Gasteiger partial charge in [0, 0.05) is 22.5 Å². The molecule has 7 heteroatoms. The zero-order chi connectivity index (χ0) is 21.8. The van der Waals surface area contributed by atoms with Crippen molar-refractivity contribution < 1.29 is 4.79 Å². The highest BCUT2D eigenvalue weighted by Crippen LogP contribution is 2.35. The molecule has 1 amide bonds. The van der Waals surface area contributed by atoms with Gasteiger partial charge in [-0.05, 0) is 24.3 Å². The van der Waals surface area contributed by atoms with Crippen LogP contribution >= 0.6 is 23.1 Å². The van der Waals surface area contributed by atoms with Crippen molar-refractivity contribution in [3.05, 3.63) is 83.1 Å². The number of thiophene rings is 1. The van der Waals surface area contributed by atoms with Crippen LogP contribution in [0.25, 0.3) is 22.5 Å². The van der Waals surface area contributed by atoms with Crippen LogP contribution < -0.4 is 0 Å². The summed E-state index contributed by atoms with van der Waals surface area (Å²) in [4.78, 5) is 21.1. The van der Waals surface area contributed by atoms with Crippen LogP contribution in [-0.2, 0) is 4.79 Å². The number of benzene rings is 2. The van der Waals surface area contributed by atoms with Crippen molar-refractivity contribution in [2.24, 2.45) is 0 Å². The number of thioether (sulfide) groups is 1. The van der Waals surface area contributed by atoms with E-state index in [1.165, 1.54) is 16.6 Å². The van der Waals surface area contributed by atoms with Crippen molar-refractivity contribution >= 4 is 29.0 Å². The molecule has 3 heterocycles. The van der Waals surface area contributed by atoms with E-state index in [4.69, 9.17) is 4.98 Å². The normalized spacial score (nSPS) is 15.8. The molecule has 4 aromatic rings. The minimum Gasteiger partial charge on any atom is -0.334 e. The van der Waals surface area contributed by atoms with E-state index < -0.39 is 0 Å². The number of hydrogen-bond acceptors (Lipinski definition) is 6. The fourth-order valence-electron chi connectivity index (χ4n) is 4.01. The largest absolute Gasteiger partial charge is 0.334 e. The molecule has 0 saturated carbocycles. The maximum Gasteiger partial charge on any atom is 0.233 e. The molecule has 1 saturated heterocycles. The first-order valence-electron chi connectivity index (χ1n) is 10.6. The molecule has 160 valence electrons. The lowest BCUT2D eigenvalue weighted by atomic mass is 10.0. The fourth-order valence-corrected chi connectivity index (χ4v) is 5.56. The minimum atomic E-state index is 0.128. The van der Waals surface area contributed by atoms with Gasteiger partial charge in [-0.15, -0.1) is 21.5 Å². The average Bonchev–Trinajstić information content (AvgIpc) is 3.55. The molecule has 5 nitrogen and oxygen atoms in total. The summed E-state index contributed by atoms with van der Waals surface area (Å²) in [5, 5.41) is 11.4. The molecule has 1 fully saturated rings. The van der Waals surface area contributed by atoms with Gasteiger partial charge in [0.2, 0.25) is 11.1 Å². The molecule has 1 atom stereocenters. The molecule has 1 aliphatic rings. The summed E-state index contributed by atoms with van der Waals surface area (Å²) < 4.78 is 0. The highest BCUT2D eigenvalue weighted by Gasteiger charge is 2.30. The van der Waals surface area contributed by atoms with Crippen molar-refractivity contribution in [3.63, 3.8) is 0 Å². The number of hydrogen-bond donors (Lipinski definition) is 0. The van der Waals surface area contributed by atoms with E-state index in [0.717, 1.165) is 41.9 Å². The Morgan fingerprint density at radius 2 is 1.66 bits per heavy atom. The highest BCUT2D eigenvalue weighted by molar-refractivity contribution is 7.99. The molecule has 5 rings (SSSR count). The van der Waals surface area contributed by atoms with Gasteiger partial charge >= 0.3 is 0 Å². The molecule has 0 N–H and O–H groups in total. The van der Waals surface area contributed by atoms with Gasteiger partial charge in [-0.25, -0.2) is 4.98 Å². The van der Waals surface area contributed by atoms with Crippen LogP contribution in [-0.4, -0.2) is 38.3 Å². The Labute approximate surface area is 195 Å². The number of carbonyl (C=O) groups is 1. The Morgan fingerprint density at radius 3 is 2.34 bits per heavy atom. The van der Waals surface area contributed by atoms with Gasteiger partial charge in [0.25, 0.3) is 0 Å². The molecule has 2 aromatic carbocycles. The lowest BCUT2D eigenvalue weighted by Crippen LogP contribution is -2.31. The van der Waals surface area contributed by atoms with Crippen LogP contribution in [0.3, 0.4) is 0 Å². The third kappa shape index (κ3) is 4.45. The summed E-state index contributed by atoms with van der Waals surface area (Å²) in [7, 11) is 0. The second kappa shape index (κ2) is 9.63. The minimum absolute atomic E-state index is 0.128. The topological polar surface area (TPSA) is 59.0 Å². The van der Waals surface area contributed by atoms with Gasteiger partial charge in [-0.2, -0.15) is 0 Å². The van der Waals surface area contributed by atoms with Crippen molar-refractivity contribution in [2.45, 2.75) is 24.0 Å². The van der Waals surface area contributed by atoms with Gasteiger partial charge in [-0.1, -0.05) is 78.5 Å². The zero-order valence-electron chi connectivity index (χ0n) is 17.4. The maximum absolute atomic E-state index is 13.0. The Balaban J connectivity index is 1.37. The van der Waals surface area contributed by atoms with Gasteiger partial charge in [-0.3, -0.25) is 4.79 Å². The van der Waals surface area contributed by atoms with Crippen LogP contribution in [0.15, 0.2) is 83.3 Å². The van der Waals surface area contributed by atoms with E-state index in [2.05, 4.69) is 27.7 Å². The van der Waals surface area contributed by atoms with Crippen molar-refractivity contribution in [1.29, 1.82) is 0 Å². The molecule has 0 bridgehead atoms. The summed E-state index contributed by atoms with van der Waals surface area (Å²) >= 11 is 3.07. The standard InChI is InChI=1S/C25H22N4OS2/c30-22(29-15-7-13-20(29)21-14-8-16-31-21)17-32-25-26-23(18-9-3-1-4-10-18)24(27-28-25)19-11-5-2-6-12-19/h1-6,8-12,14,16,20H,7,13,15,17H2. The van der Waals surface area contributed by atoms with Gasteiger partial charge < -0.3 is 4.90 Å². The summed E-state index contributed by atoms with van der Waals surface area (Å²) in [6, 6.07) is 24.3. The van der Waals surface area contributed by atoms with Gasteiger partial charge in [0.1, 0.15) is 11.4 Å². The van der Waals surface area contributed by atoms with Crippen molar-refractivity contribution in [3.8, 4) is 22.5 Å². The molecule has 2 aromatic heterocycles. The molecular formula is C25H22N4OS2. The molecule has 0 spiro atoms.